The minimum atomic E-state index is -3.83. The molecule has 0 saturated heterocycles. The normalized spacial score (nSPS) is 11.7. The summed E-state index contributed by atoms with van der Waals surface area (Å²) in [5.41, 5.74) is -0.707. The zero-order valence-corrected chi connectivity index (χ0v) is 18.6. The first kappa shape index (κ1) is 22.3. The van der Waals surface area contributed by atoms with E-state index in [4.69, 9.17) is 4.74 Å². The number of hydrogen-bond donors (Lipinski definition) is 1. The summed E-state index contributed by atoms with van der Waals surface area (Å²) in [7, 11) is 0.445. The van der Waals surface area contributed by atoms with Crippen molar-refractivity contribution in [2.75, 3.05) is 12.4 Å². The minimum Gasteiger partial charge on any atom is -0.497 e. The van der Waals surface area contributed by atoms with Gasteiger partial charge >= 0.3 is 11.1 Å². The largest absolute Gasteiger partial charge is 0.497 e. The van der Waals surface area contributed by atoms with Gasteiger partial charge in [0.25, 0.3) is 5.91 Å². The standard InChI is InChI=1S/C21H23N3O6S/c1-12(2)31(28,29)18-11-17-16(23(3)20(26)21(27)24(17)4)10-15(18)22-19(25)13-7-6-8-14(9-13)30-5/h6-12H,1-5H3,(H,22,25). The van der Waals surface area contributed by atoms with Crippen LogP contribution in [0.4, 0.5) is 5.69 Å². The van der Waals surface area contributed by atoms with Crippen LogP contribution in [0, 0.1) is 0 Å². The number of nitrogens with one attached hydrogen (secondary N) is 1. The van der Waals surface area contributed by atoms with Crippen molar-refractivity contribution in [1.29, 1.82) is 0 Å². The number of methoxy groups -OCH3 is 1. The minimum absolute atomic E-state index is 0.0164. The van der Waals surface area contributed by atoms with Crippen molar-refractivity contribution in [3.05, 3.63) is 62.7 Å². The molecule has 1 amide bonds. The second-order valence-corrected chi connectivity index (χ2v) is 9.82. The Balaban J connectivity index is 2.29. The number of ether oxygens (including phenoxy) is 1. The molecule has 0 aliphatic rings. The zero-order valence-electron chi connectivity index (χ0n) is 17.8. The maximum absolute atomic E-state index is 13.0. The molecule has 9 nitrogen and oxygen atoms in total. The summed E-state index contributed by atoms with van der Waals surface area (Å²) in [6.07, 6.45) is 0. The average Bonchev–Trinajstić information content (AvgIpc) is 2.75. The van der Waals surface area contributed by atoms with Crippen LogP contribution in [-0.2, 0) is 23.9 Å². The van der Waals surface area contributed by atoms with E-state index in [-0.39, 0.29) is 21.7 Å². The van der Waals surface area contributed by atoms with E-state index < -0.39 is 32.1 Å². The highest BCUT2D eigenvalue weighted by Crippen LogP contribution is 2.30. The van der Waals surface area contributed by atoms with Crippen LogP contribution in [0.3, 0.4) is 0 Å². The summed E-state index contributed by atoms with van der Waals surface area (Å²) >= 11 is 0. The van der Waals surface area contributed by atoms with Gasteiger partial charge < -0.3 is 19.2 Å². The third kappa shape index (κ3) is 3.86. The maximum atomic E-state index is 13.0. The number of nitrogens with zero attached hydrogens (tertiary/aromatic N) is 2. The highest BCUT2D eigenvalue weighted by atomic mass is 32.2. The number of rotatable bonds is 5. The highest BCUT2D eigenvalue weighted by molar-refractivity contribution is 7.92. The summed E-state index contributed by atoms with van der Waals surface area (Å²) in [4.78, 5) is 37.1. The van der Waals surface area contributed by atoms with E-state index >= 15 is 0 Å². The molecular formula is C21H23N3O6S. The van der Waals surface area contributed by atoms with Crippen molar-refractivity contribution in [2.24, 2.45) is 14.1 Å². The molecule has 10 heteroatoms. The third-order valence-corrected chi connectivity index (χ3v) is 7.29. The van der Waals surface area contributed by atoms with Gasteiger partial charge in [0.2, 0.25) is 0 Å². The molecule has 0 fully saturated rings. The van der Waals surface area contributed by atoms with E-state index in [1.165, 1.54) is 53.3 Å². The van der Waals surface area contributed by atoms with E-state index in [1.54, 1.807) is 18.2 Å². The van der Waals surface area contributed by atoms with Gasteiger partial charge in [0.1, 0.15) is 5.75 Å². The second-order valence-electron chi connectivity index (χ2n) is 7.35. The summed E-state index contributed by atoms with van der Waals surface area (Å²) in [6, 6.07) is 9.11. The SMILES string of the molecule is COc1cccc(C(=O)Nc2cc3c(cc2S(=O)(=O)C(C)C)n(C)c(=O)c(=O)n3C)c1. The van der Waals surface area contributed by atoms with Gasteiger partial charge in [-0.15, -0.1) is 0 Å². The molecule has 3 rings (SSSR count). The van der Waals surface area contributed by atoms with Gasteiger partial charge in [0, 0.05) is 19.7 Å². The first-order chi connectivity index (χ1) is 14.5. The number of fused-ring (bicyclic) bond motifs is 1. The Hall–Kier alpha value is -3.40. The number of amides is 1. The molecule has 164 valence electrons. The lowest BCUT2D eigenvalue weighted by Crippen LogP contribution is -2.39. The lowest BCUT2D eigenvalue weighted by Gasteiger charge is -2.17. The van der Waals surface area contributed by atoms with Crippen LogP contribution in [0.5, 0.6) is 5.75 Å². The second kappa shape index (κ2) is 8.03. The molecule has 0 saturated carbocycles. The third-order valence-electron chi connectivity index (χ3n) is 5.10. The van der Waals surface area contributed by atoms with Crippen LogP contribution in [0.1, 0.15) is 24.2 Å². The first-order valence-electron chi connectivity index (χ1n) is 9.42. The summed E-state index contributed by atoms with van der Waals surface area (Å²) in [5.74, 6) is -0.0770. The van der Waals surface area contributed by atoms with Gasteiger partial charge in [0.15, 0.2) is 9.84 Å². The fourth-order valence-electron chi connectivity index (χ4n) is 3.15. The van der Waals surface area contributed by atoms with Crippen LogP contribution in [-0.4, -0.2) is 35.8 Å². The number of carbonyl (C=O) groups excluding carboxylic acids is 1. The van der Waals surface area contributed by atoms with Gasteiger partial charge in [-0.3, -0.25) is 14.4 Å². The predicted octanol–water partition coefficient (Wildman–Crippen LogP) is 1.68. The van der Waals surface area contributed by atoms with E-state index in [2.05, 4.69) is 5.32 Å². The molecule has 31 heavy (non-hydrogen) atoms. The van der Waals surface area contributed by atoms with E-state index in [1.807, 2.05) is 0 Å². The molecule has 0 radical (unpaired) electrons. The van der Waals surface area contributed by atoms with Gasteiger partial charge in [0.05, 0.1) is 34.0 Å². The van der Waals surface area contributed by atoms with Crippen LogP contribution in [0.25, 0.3) is 11.0 Å². The van der Waals surface area contributed by atoms with Gasteiger partial charge in [-0.05, 0) is 44.2 Å². The van der Waals surface area contributed by atoms with E-state index in [0.717, 1.165) is 9.13 Å². The molecule has 1 aromatic heterocycles. The molecule has 2 aromatic carbocycles. The van der Waals surface area contributed by atoms with Crippen LogP contribution in [0.2, 0.25) is 0 Å². The maximum Gasteiger partial charge on any atom is 0.316 e. The number of hydrogen-bond acceptors (Lipinski definition) is 6. The van der Waals surface area contributed by atoms with Crippen LogP contribution >= 0.6 is 0 Å². The Morgan fingerprint density at radius 1 is 1.00 bits per heavy atom. The molecule has 0 aliphatic carbocycles. The van der Waals surface area contributed by atoms with Gasteiger partial charge in [-0.25, -0.2) is 8.42 Å². The Bertz CT molecular complexity index is 1420. The molecule has 1 N–H and O–H groups in total. The summed E-state index contributed by atoms with van der Waals surface area (Å²) < 4.78 is 33.4. The fraction of sp³-hybridized carbons (Fsp3) is 0.286. The summed E-state index contributed by atoms with van der Waals surface area (Å²) in [6.45, 7) is 3.04. The molecule has 0 aliphatic heterocycles. The Morgan fingerprint density at radius 2 is 1.58 bits per heavy atom. The predicted molar refractivity (Wildman–Crippen MR) is 118 cm³/mol. The van der Waals surface area contributed by atoms with Crippen molar-refractivity contribution in [3.8, 4) is 5.75 Å². The molecule has 0 atom stereocenters. The number of anilines is 1. The van der Waals surface area contributed by atoms with Crippen molar-refractivity contribution in [3.63, 3.8) is 0 Å². The number of aryl methyl sites for hydroxylation is 2. The van der Waals surface area contributed by atoms with Crippen LogP contribution in [0.15, 0.2) is 50.9 Å². The number of sulfone groups is 1. The van der Waals surface area contributed by atoms with Crippen LogP contribution < -0.4 is 21.2 Å². The quantitative estimate of drug-likeness (QED) is 0.598. The fourth-order valence-corrected chi connectivity index (χ4v) is 4.35. The topological polar surface area (TPSA) is 116 Å². The number of benzene rings is 2. The highest BCUT2D eigenvalue weighted by Gasteiger charge is 2.26. The molecular weight excluding hydrogens is 422 g/mol. The molecule has 0 spiro atoms. The monoisotopic (exact) mass is 445 g/mol. The Kier molecular flexibility index (Phi) is 5.77. The lowest BCUT2D eigenvalue weighted by atomic mass is 10.2. The van der Waals surface area contributed by atoms with Gasteiger partial charge in [-0.2, -0.15) is 0 Å². The van der Waals surface area contributed by atoms with Crippen molar-refractivity contribution < 1.29 is 17.9 Å². The summed E-state index contributed by atoms with van der Waals surface area (Å²) in [5, 5.41) is 1.86. The number of aromatic nitrogens is 2. The van der Waals surface area contributed by atoms with Crippen molar-refractivity contribution >= 4 is 32.5 Å². The molecule has 1 heterocycles. The first-order valence-corrected chi connectivity index (χ1v) is 11.0. The Labute approximate surface area is 178 Å². The van der Waals surface area contributed by atoms with E-state index in [0.29, 0.717) is 11.3 Å². The van der Waals surface area contributed by atoms with Gasteiger partial charge in [-0.1, -0.05) is 6.07 Å². The van der Waals surface area contributed by atoms with Crippen molar-refractivity contribution in [2.45, 2.75) is 24.0 Å². The smallest absolute Gasteiger partial charge is 0.316 e. The zero-order chi connectivity index (χ0) is 23.1. The van der Waals surface area contributed by atoms with Crippen molar-refractivity contribution in [1.82, 2.24) is 9.13 Å². The van der Waals surface area contributed by atoms with E-state index in [9.17, 15) is 22.8 Å². The lowest BCUT2D eigenvalue weighted by molar-refractivity contribution is 0.102. The molecule has 3 aromatic rings. The Morgan fingerprint density at radius 3 is 2.13 bits per heavy atom. The number of carbonyl (C=O) groups is 1. The molecule has 0 unspecified atom stereocenters. The molecule has 0 bridgehead atoms. The average molecular weight is 445 g/mol.